The van der Waals surface area contributed by atoms with Crippen molar-refractivity contribution < 1.29 is 4.57 Å². The van der Waals surface area contributed by atoms with Gasteiger partial charge in [-0.15, -0.1) is 0 Å². The molecule has 0 unspecified atom stereocenters. The van der Waals surface area contributed by atoms with Gasteiger partial charge in [-0.05, 0) is 0 Å². The summed E-state index contributed by atoms with van der Waals surface area (Å²) in [7, 11) is -2.67. The molecular weight excluding hydrogens is 203 g/mol. The lowest BCUT2D eigenvalue weighted by Gasteiger charge is -2.22. The molecule has 8 heteroatoms. The van der Waals surface area contributed by atoms with Crippen molar-refractivity contribution in [3.63, 3.8) is 0 Å². The predicted molar refractivity (Wildman–Crippen MR) is 51.7 cm³/mol. The smallest absolute Gasteiger partial charge is 0.267 e. The van der Waals surface area contributed by atoms with Crippen LogP contribution in [0.5, 0.6) is 0 Å². The minimum absolute atomic E-state index is 0.980. The minimum atomic E-state index is -2.67. The van der Waals surface area contributed by atoms with E-state index in [1.165, 1.54) is 0 Å². The van der Waals surface area contributed by atoms with E-state index in [0.29, 0.717) is 0 Å². The van der Waals surface area contributed by atoms with Gasteiger partial charge in [0.1, 0.15) is 0 Å². The van der Waals surface area contributed by atoms with E-state index in [0.717, 1.165) is 39.3 Å². The van der Waals surface area contributed by atoms with Crippen LogP contribution in [-0.4, -0.2) is 54.3 Å². The highest BCUT2D eigenvalue weighted by atomic mass is 31.2. The summed E-state index contributed by atoms with van der Waals surface area (Å²) < 4.78 is 12.3. The normalized spacial score (nSPS) is 28.0. The minimum Gasteiger partial charge on any atom is -0.267 e. The van der Waals surface area contributed by atoms with Gasteiger partial charge in [0, 0.05) is 39.3 Å². The number of rotatable bonds is 6. The van der Waals surface area contributed by atoms with Crippen LogP contribution >= 0.6 is 7.59 Å². The third kappa shape index (κ3) is 2.52. The largest absolute Gasteiger partial charge is 0.318 e. The summed E-state index contributed by atoms with van der Waals surface area (Å²) in [4.78, 5) is 0. The Balaban J connectivity index is 1.59. The van der Waals surface area contributed by atoms with Gasteiger partial charge in [-0.3, -0.25) is 4.57 Å². The van der Waals surface area contributed by atoms with Crippen LogP contribution in [0.3, 0.4) is 0 Å². The molecule has 3 N–H and O–H groups in total. The van der Waals surface area contributed by atoms with Gasteiger partial charge in [-0.2, -0.15) is 15.6 Å². The number of hydrazine groups is 3. The average molecular weight is 218 g/mol. The van der Waals surface area contributed by atoms with Crippen LogP contribution in [0.25, 0.3) is 0 Å². The Kier molecular flexibility index (Phi) is 2.14. The Morgan fingerprint density at radius 3 is 1.21 bits per heavy atom. The molecule has 0 radical (unpaired) electrons. The molecule has 0 amide bonds. The van der Waals surface area contributed by atoms with E-state index in [1.807, 2.05) is 15.0 Å². The van der Waals surface area contributed by atoms with E-state index in [1.54, 1.807) is 0 Å². The third-order valence-corrected chi connectivity index (χ3v) is 3.88. The second-order valence-corrected chi connectivity index (χ2v) is 5.69. The van der Waals surface area contributed by atoms with E-state index in [4.69, 9.17) is 0 Å². The molecule has 0 spiro atoms. The average Bonchev–Trinajstić information content (AvgIpc) is 2.90. The van der Waals surface area contributed by atoms with Crippen molar-refractivity contribution in [2.75, 3.05) is 39.3 Å². The standard InChI is InChI=1S/C6H15N6OP/c13-14(7-10-1-2-10,8-11-3-4-11)9-12-5-6-12/h1-6H2,(H3,7,8,9,13). The molecule has 3 heterocycles. The summed E-state index contributed by atoms with van der Waals surface area (Å²) in [6.45, 7) is 5.88. The van der Waals surface area contributed by atoms with Crippen LogP contribution in [0.1, 0.15) is 0 Å². The quantitative estimate of drug-likeness (QED) is 0.372. The van der Waals surface area contributed by atoms with Gasteiger partial charge < -0.3 is 0 Å². The topological polar surface area (TPSA) is 62.2 Å². The second kappa shape index (κ2) is 3.24. The molecule has 3 rings (SSSR count). The lowest BCUT2D eigenvalue weighted by molar-refractivity contribution is 0.389. The molecule has 0 aromatic heterocycles. The van der Waals surface area contributed by atoms with Gasteiger partial charge in [0.25, 0.3) is 0 Å². The van der Waals surface area contributed by atoms with Crippen LogP contribution in [0, 0.1) is 0 Å². The van der Waals surface area contributed by atoms with Crippen LogP contribution in [0.4, 0.5) is 0 Å². The van der Waals surface area contributed by atoms with E-state index in [9.17, 15) is 4.57 Å². The molecule has 7 nitrogen and oxygen atoms in total. The van der Waals surface area contributed by atoms with E-state index in [2.05, 4.69) is 15.6 Å². The maximum Gasteiger partial charge on any atom is 0.318 e. The fourth-order valence-electron chi connectivity index (χ4n) is 1.11. The Morgan fingerprint density at radius 2 is 1.00 bits per heavy atom. The van der Waals surface area contributed by atoms with E-state index >= 15 is 0 Å². The maximum absolute atomic E-state index is 12.3. The van der Waals surface area contributed by atoms with Crippen LogP contribution in [0.2, 0.25) is 0 Å². The number of hydrogen-bond donors (Lipinski definition) is 3. The Hall–Kier alpha value is -0.0100. The van der Waals surface area contributed by atoms with Gasteiger partial charge in [0.2, 0.25) is 0 Å². The summed E-state index contributed by atoms with van der Waals surface area (Å²) >= 11 is 0. The molecule has 80 valence electrons. The molecule has 3 saturated heterocycles. The molecule has 0 aromatic carbocycles. The number of nitrogens with zero attached hydrogens (tertiary/aromatic N) is 3. The van der Waals surface area contributed by atoms with Crippen LogP contribution in [0.15, 0.2) is 0 Å². The molecule has 3 fully saturated rings. The van der Waals surface area contributed by atoms with Crippen molar-refractivity contribution in [1.82, 2.24) is 30.6 Å². The van der Waals surface area contributed by atoms with Crippen molar-refractivity contribution in [2.24, 2.45) is 0 Å². The first-order valence-corrected chi connectivity index (χ1v) is 6.63. The summed E-state index contributed by atoms with van der Waals surface area (Å²) in [5.74, 6) is 0. The second-order valence-electron chi connectivity index (χ2n) is 3.87. The highest BCUT2D eigenvalue weighted by Gasteiger charge is 2.37. The van der Waals surface area contributed by atoms with Gasteiger partial charge in [-0.25, -0.2) is 15.0 Å². The third-order valence-electron chi connectivity index (χ3n) is 2.19. The zero-order chi connectivity index (χ0) is 9.60. The van der Waals surface area contributed by atoms with Crippen molar-refractivity contribution >= 4 is 7.59 Å². The predicted octanol–water partition coefficient (Wildman–Crippen LogP) is -1.44. The zero-order valence-corrected chi connectivity index (χ0v) is 8.83. The fraction of sp³-hybridized carbons (Fsp3) is 1.00. The Bertz CT molecular complexity index is 231. The molecule has 3 aliphatic rings. The lowest BCUT2D eigenvalue weighted by atomic mass is 11.0. The summed E-state index contributed by atoms with van der Waals surface area (Å²) in [6, 6.07) is 0. The Morgan fingerprint density at radius 1 is 0.714 bits per heavy atom. The summed E-state index contributed by atoms with van der Waals surface area (Å²) in [5.41, 5.74) is 0. The first kappa shape index (κ1) is 9.23. The number of nitrogens with one attached hydrogen (secondary N) is 3. The lowest BCUT2D eigenvalue weighted by Crippen LogP contribution is -2.39. The van der Waals surface area contributed by atoms with Crippen molar-refractivity contribution in [2.45, 2.75) is 0 Å². The molecule has 3 aliphatic heterocycles. The molecule has 0 saturated carbocycles. The summed E-state index contributed by atoms with van der Waals surface area (Å²) in [6.07, 6.45) is 0. The number of hydrogen-bond acceptors (Lipinski definition) is 4. The van der Waals surface area contributed by atoms with Crippen molar-refractivity contribution in [1.29, 1.82) is 0 Å². The first-order chi connectivity index (χ1) is 6.73. The SMILES string of the molecule is O=P(NN1CC1)(NN1CC1)NN1CC1. The molecule has 0 aromatic rings. The molecule has 0 bridgehead atoms. The van der Waals surface area contributed by atoms with Gasteiger partial charge in [0.15, 0.2) is 0 Å². The van der Waals surface area contributed by atoms with E-state index < -0.39 is 7.59 Å². The summed E-state index contributed by atoms with van der Waals surface area (Å²) in [5, 5.41) is 14.8. The van der Waals surface area contributed by atoms with Gasteiger partial charge in [0.05, 0.1) is 0 Å². The highest BCUT2D eigenvalue weighted by molar-refractivity contribution is 7.57. The highest BCUT2D eigenvalue weighted by Crippen LogP contribution is 2.36. The van der Waals surface area contributed by atoms with Crippen molar-refractivity contribution in [3.05, 3.63) is 0 Å². The van der Waals surface area contributed by atoms with Gasteiger partial charge in [-0.1, -0.05) is 0 Å². The van der Waals surface area contributed by atoms with Gasteiger partial charge >= 0.3 is 7.59 Å². The fourth-order valence-corrected chi connectivity index (χ4v) is 3.04. The molecular formula is C6H15N6OP. The first-order valence-electron chi connectivity index (χ1n) is 4.92. The Labute approximate surface area is 82.8 Å². The molecule has 14 heavy (non-hydrogen) atoms. The van der Waals surface area contributed by atoms with E-state index in [-0.39, 0.29) is 0 Å². The van der Waals surface area contributed by atoms with Crippen molar-refractivity contribution in [3.8, 4) is 0 Å². The monoisotopic (exact) mass is 218 g/mol. The van der Waals surface area contributed by atoms with Crippen LogP contribution in [-0.2, 0) is 4.57 Å². The molecule has 0 aliphatic carbocycles. The zero-order valence-electron chi connectivity index (χ0n) is 7.94. The molecule has 0 atom stereocenters. The van der Waals surface area contributed by atoms with Crippen LogP contribution < -0.4 is 15.6 Å². The maximum atomic E-state index is 12.3.